The van der Waals surface area contributed by atoms with E-state index in [4.69, 9.17) is 0 Å². The molecule has 0 saturated heterocycles. The molecule has 1 aromatic heterocycles. The molecule has 3 rings (SSSR count). The van der Waals surface area contributed by atoms with Crippen molar-refractivity contribution in [1.29, 1.82) is 0 Å². The number of aliphatic hydroxyl groups excluding tert-OH is 1. The Morgan fingerprint density at radius 2 is 2.10 bits per heavy atom. The van der Waals surface area contributed by atoms with Gasteiger partial charge in [0, 0.05) is 11.8 Å². The van der Waals surface area contributed by atoms with Gasteiger partial charge >= 0.3 is 0 Å². The third-order valence-electron chi connectivity index (χ3n) is 3.34. The quantitative estimate of drug-likeness (QED) is 0.797. The summed E-state index contributed by atoms with van der Waals surface area (Å²) in [5, 5.41) is 12.6. The number of aliphatic hydroxyl groups is 1. The summed E-state index contributed by atoms with van der Waals surface area (Å²) in [5.41, 5.74) is 1.35. The standard InChI is InChI=1S/C14H13N3O3/c1-8(18)9-2-4-10(5-3-9)11-6-15-14-16-7-12(19)17(14)13(11)20/h2-6,12,19H,7H2,1H3,(H,15,16). The molecular formula is C14H13N3O3. The van der Waals surface area contributed by atoms with Crippen LogP contribution in [0, 0.1) is 0 Å². The third-order valence-corrected chi connectivity index (χ3v) is 3.34. The van der Waals surface area contributed by atoms with Gasteiger partial charge in [0.25, 0.3) is 5.56 Å². The maximum Gasteiger partial charge on any atom is 0.264 e. The molecule has 6 nitrogen and oxygen atoms in total. The highest BCUT2D eigenvalue weighted by Gasteiger charge is 2.23. The lowest BCUT2D eigenvalue weighted by Gasteiger charge is -2.08. The zero-order valence-corrected chi connectivity index (χ0v) is 10.8. The number of hydrogen-bond acceptors (Lipinski definition) is 5. The molecule has 2 aromatic rings. The number of fused-ring (bicyclic) bond motifs is 1. The Morgan fingerprint density at radius 1 is 1.40 bits per heavy atom. The topological polar surface area (TPSA) is 84.2 Å². The molecule has 0 bridgehead atoms. The van der Waals surface area contributed by atoms with Gasteiger partial charge in [0.15, 0.2) is 12.0 Å². The Balaban J connectivity index is 2.09. The number of anilines is 1. The fourth-order valence-electron chi connectivity index (χ4n) is 2.23. The number of benzene rings is 1. The summed E-state index contributed by atoms with van der Waals surface area (Å²) in [5.74, 6) is 0.339. The second-order valence-electron chi connectivity index (χ2n) is 4.67. The summed E-state index contributed by atoms with van der Waals surface area (Å²) in [6.07, 6.45) is 0.573. The Morgan fingerprint density at radius 3 is 2.75 bits per heavy atom. The molecule has 1 unspecified atom stereocenters. The first-order valence-corrected chi connectivity index (χ1v) is 6.23. The van der Waals surface area contributed by atoms with Crippen LogP contribution in [0.3, 0.4) is 0 Å². The fourth-order valence-corrected chi connectivity index (χ4v) is 2.23. The number of ketones is 1. The molecule has 102 valence electrons. The number of β-amino-alcohol motifs (C(OH)–C–C–N with tert-alkyl or cyclic N) is 1. The zero-order valence-electron chi connectivity index (χ0n) is 10.8. The zero-order chi connectivity index (χ0) is 14.3. The van der Waals surface area contributed by atoms with Gasteiger partial charge in [-0.05, 0) is 12.5 Å². The smallest absolute Gasteiger partial charge is 0.264 e. The maximum atomic E-state index is 12.3. The van der Waals surface area contributed by atoms with Crippen molar-refractivity contribution in [3.05, 3.63) is 46.4 Å². The van der Waals surface area contributed by atoms with Gasteiger partial charge in [0.1, 0.15) is 0 Å². The van der Waals surface area contributed by atoms with Gasteiger partial charge < -0.3 is 10.4 Å². The maximum absolute atomic E-state index is 12.3. The minimum atomic E-state index is -0.901. The highest BCUT2D eigenvalue weighted by molar-refractivity contribution is 5.94. The highest BCUT2D eigenvalue weighted by Crippen LogP contribution is 2.21. The highest BCUT2D eigenvalue weighted by atomic mass is 16.3. The second-order valence-corrected chi connectivity index (χ2v) is 4.67. The van der Waals surface area contributed by atoms with Crippen molar-refractivity contribution >= 4 is 11.7 Å². The molecule has 0 aliphatic carbocycles. The Labute approximate surface area is 114 Å². The molecule has 2 N–H and O–H groups in total. The molecule has 6 heteroatoms. The van der Waals surface area contributed by atoms with E-state index in [1.807, 2.05) is 0 Å². The summed E-state index contributed by atoms with van der Waals surface area (Å²) in [4.78, 5) is 27.7. The first-order chi connectivity index (χ1) is 9.58. The van der Waals surface area contributed by atoms with Crippen LogP contribution < -0.4 is 10.9 Å². The Bertz CT molecular complexity index is 734. The summed E-state index contributed by atoms with van der Waals surface area (Å²) in [6, 6.07) is 6.75. The van der Waals surface area contributed by atoms with E-state index in [1.165, 1.54) is 17.7 Å². The van der Waals surface area contributed by atoms with Crippen molar-refractivity contribution in [3.8, 4) is 11.1 Å². The van der Waals surface area contributed by atoms with Crippen molar-refractivity contribution in [2.45, 2.75) is 13.2 Å². The lowest BCUT2D eigenvalue weighted by molar-refractivity contribution is 0.101. The number of nitrogens with one attached hydrogen (secondary N) is 1. The van der Waals surface area contributed by atoms with Crippen molar-refractivity contribution in [3.63, 3.8) is 0 Å². The number of aromatic nitrogens is 2. The summed E-state index contributed by atoms with van der Waals surface area (Å²) < 4.78 is 1.23. The lowest BCUT2D eigenvalue weighted by atomic mass is 10.1. The largest absolute Gasteiger partial charge is 0.371 e. The molecule has 1 aromatic carbocycles. The van der Waals surface area contributed by atoms with Crippen LogP contribution in [0.5, 0.6) is 0 Å². The summed E-state index contributed by atoms with van der Waals surface area (Å²) in [6.45, 7) is 1.76. The average Bonchev–Trinajstić information content (AvgIpc) is 2.82. The number of carbonyl (C=O) groups is 1. The van der Waals surface area contributed by atoms with Crippen molar-refractivity contribution in [2.24, 2.45) is 0 Å². The molecule has 0 fully saturated rings. The van der Waals surface area contributed by atoms with Gasteiger partial charge in [-0.25, -0.2) is 9.55 Å². The van der Waals surface area contributed by atoms with Crippen LogP contribution in [0.4, 0.5) is 5.95 Å². The predicted octanol–water partition coefficient (Wildman–Crippen LogP) is 1.03. The van der Waals surface area contributed by atoms with E-state index >= 15 is 0 Å². The van der Waals surface area contributed by atoms with Crippen molar-refractivity contribution in [2.75, 3.05) is 11.9 Å². The van der Waals surface area contributed by atoms with E-state index in [-0.39, 0.29) is 17.9 Å². The van der Waals surface area contributed by atoms with Gasteiger partial charge in [-0.15, -0.1) is 0 Å². The Kier molecular flexibility index (Phi) is 2.87. The van der Waals surface area contributed by atoms with Gasteiger partial charge in [-0.2, -0.15) is 0 Å². The lowest BCUT2D eigenvalue weighted by Crippen LogP contribution is -2.24. The number of rotatable bonds is 2. The van der Waals surface area contributed by atoms with Crippen LogP contribution in [-0.4, -0.2) is 27.0 Å². The van der Waals surface area contributed by atoms with Crippen LogP contribution in [0.15, 0.2) is 35.3 Å². The van der Waals surface area contributed by atoms with Crippen molar-refractivity contribution < 1.29 is 9.90 Å². The number of hydrogen-bond donors (Lipinski definition) is 2. The van der Waals surface area contributed by atoms with Gasteiger partial charge in [-0.3, -0.25) is 9.59 Å². The molecular weight excluding hydrogens is 258 g/mol. The minimum absolute atomic E-state index is 0.0278. The molecule has 1 aliphatic rings. The SMILES string of the molecule is CC(=O)c1ccc(-c2cnc3n(c2=O)C(O)CN3)cc1. The van der Waals surface area contributed by atoms with E-state index in [0.717, 1.165) is 0 Å². The van der Waals surface area contributed by atoms with E-state index in [1.54, 1.807) is 24.3 Å². The minimum Gasteiger partial charge on any atom is -0.371 e. The molecule has 2 heterocycles. The van der Waals surface area contributed by atoms with E-state index in [9.17, 15) is 14.7 Å². The van der Waals surface area contributed by atoms with Crippen molar-refractivity contribution in [1.82, 2.24) is 9.55 Å². The number of carbonyl (C=O) groups excluding carboxylic acids is 1. The first kappa shape index (κ1) is 12.6. The summed E-state index contributed by atoms with van der Waals surface area (Å²) in [7, 11) is 0. The predicted molar refractivity (Wildman–Crippen MR) is 73.7 cm³/mol. The van der Waals surface area contributed by atoms with Gasteiger partial charge in [0.2, 0.25) is 5.95 Å². The monoisotopic (exact) mass is 271 g/mol. The Hall–Kier alpha value is -2.47. The molecule has 0 spiro atoms. The molecule has 0 saturated carbocycles. The third kappa shape index (κ3) is 1.90. The van der Waals surface area contributed by atoms with E-state index < -0.39 is 6.23 Å². The van der Waals surface area contributed by atoms with E-state index in [0.29, 0.717) is 22.6 Å². The average molecular weight is 271 g/mol. The molecule has 1 aliphatic heterocycles. The first-order valence-electron chi connectivity index (χ1n) is 6.23. The summed E-state index contributed by atoms with van der Waals surface area (Å²) >= 11 is 0. The van der Waals surface area contributed by atoms with Gasteiger partial charge in [-0.1, -0.05) is 24.3 Å². The molecule has 1 atom stereocenters. The van der Waals surface area contributed by atoms with Crippen LogP contribution in [0.25, 0.3) is 11.1 Å². The van der Waals surface area contributed by atoms with Crippen LogP contribution in [0.1, 0.15) is 23.5 Å². The number of Topliss-reactive ketones (excluding diaryl/α,β-unsaturated/α-hetero) is 1. The molecule has 0 amide bonds. The molecule has 20 heavy (non-hydrogen) atoms. The van der Waals surface area contributed by atoms with Crippen LogP contribution in [-0.2, 0) is 0 Å². The number of nitrogens with zero attached hydrogens (tertiary/aromatic N) is 2. The van der Waals surface area contributed by atoms with E-state index in [2.05, 4.69) is 10.3 Å². The normalized spacial score (nSPS) is 16.6. The van der Waals surface area contributed by atoms with Gasteiger partial charge in [0.05, 0.1) is 12.1 Å². The van der Waals surface area contributed by atoms with Crippen LogP contribution >= 0.6 is 0 Å². The second kappa shape index (κ2) is 4.57. The fraction of sp³-hybridized carbons (Fsp3) is 0.214. The molecule has 0 radical (unpaired) electrons. The van der Waals surface area contributed by atoms with Crippen LogP contribution in [0.2, 0.25) is 0 Å².